The maximum absolute atomic E-state index is 13.1. The number of Topliss-reactive ketones (excluding diaryl/α,β-unsaturated/α-hetero) is 1. The molecule has 1 aliphatic rings. The summed E-state index contributed by atoms with van der Waals surface area (Å²) in [5.41, 5.74) is 3.45. The first-order chi connectivity index (χ1) is 16.1. The number of amides is 1. The molecular formula is C27H26N2O4. The van der Waals surface area contributed by atoms with Crippen molar-refractivity contribution >= 4 is 17.4 Å². The van der Waals surface area contributed by atoms with Crippen LogP contribution in [0.5, 0.6) is 11.5 Å². The number of rotatable bonds is 8. The third-order valence-corrected chi connectivity index (χ3v) is 5.63. The van der Waals surface area contributed by atoms with Gasteiger partial charge in [-0.25, -0.2) is 5.01 Å². The van der Waals surface area contributed by atoms with E-state index in [9.17, 15) is 9.59 Å². The van der Waals surface area contributed by atoms with Crippen LogP contribution in [0.2, 0.25) is 0 Å². The minimum absolute atomic E-state index is 0.0693. The van der Waals surface area contributed by atoms with Gasteiger partial charge in [0.1, 0.15) is 11.5 Å². The number of methoxy groups -OCH3 is 1. The molecule has 0 radical (unpaired) electrons. The van der Waals surface area contributed by atoms with Crippen molar-refractivity contribution < 1.29 is 19.1 Å². The molecule has 168 valence electrons. The van der Waals surface area contributed by atoms with Gasteiger partial charge < -0.3 is 9.47 Å². The molecule has 0 fully saturated rings. The topological polar surface area (TPSA) is 68.2 Å². The molecule has 1 aliphatic heterocycles. The van der Waals surface area contributed by atoms with E-state index in [2.05, 4.69) is 5.10 Å². The highest BCUT2D eigenvalue weighted by Crippen LogP contribution is 2.33. The van der Waals surface area contributed by atoms with Crippen LogP contribution in [0, 0.1) is 0 Å². The molecule has 1 atom stereocenters. The van der Waals surface area contributed by atoms with E-state index < -0.39 is 0 Å². The van der Waals surface area contributed by atoms with Gasteiger partial charge in [0, 0.05) is 18.4 Å². The van der Waals surface area contributed by atoms with E-state index in [1.165, 1.54) is 5.01 Å². The molecule has 33 heavy (non-hydrogen) atoms. The first-order valence-corrected chi connectivity index (χ1v) is 10.9. The fourth-order valence-corrected chi connectivity index (χ4v) is 3.78. The van der Waals surface area contributed by atoms with Crippen molar-refractivity contribution in [2.45, 2.75) is 25.8 Å². The van der Waals surface area contributed by atoms with Gasteiger partial charge >= 0.3 is 0 Å². The van der Waals surface area contributed by atoms with Gasteiger partial charge in [-0.3, -0.25) is 9.59 Å². The third-order valence-electron chi connectivity index (χ3n) is 5.63. The average Bonchev–Trinajstić information content (AvgIpc) is 3.33. The number of benzene rings is 3. The largest absolute Gasteiger partial charge is 0.497 e. The average molecular weight is 443 g/mol. The Morgan fingerprint density at radius 3 is 2.24 bits per heavy atom. The van der Waals surface area contributed by atoms with E-state index in [0.717, 1.165) is 22.6 Å². The lowest BCUT2D eigenvalue weighted by Crippen LogP contribution is -2.31. The number of nitrogens with zero attached hydrogens (tertiary/aromatic N) is 2. The predicted molar refractivity (Wildman–Crippen MR) is 127 cm³/mol. The lowest BCUT2D eigenvalue weighted by molar-refractivity contribution is -0.135. The van der Waals surface area contributed by atoms with E-state index in [1.54, 1.807) is 31.4 Å². The molecule has 0 aliphatic carbocycles. The van der Waals surface area contributed by atoms with Crippen molar-refractivity contribution in [3.63, 3.8) is 0 Å². The molecule has 0 saturated heterocycles. The normalized spacial score (nSPS) is 15.2. The number of carbonyl (C=O) groups excluding carboxylic acids is 2. The zero-order valence-corrected chi connectivity index (χ0v) is 18.7. The first-order valence-electron chi connectivity index (χ1n) is 10.9. The second kappa shape index (κ2) is 10.1. The fourth-order valence-electron chi connectivity index (χ4n) is 3.78. The molecule has 0 aromatic heterocycles. The van der Waals surface area contributed by atoms with Crippen LogP contribution in [0.15, 0.2) is 84.0 Å². The Hall–Kier alpha value is -3.93. The first kappa shape index (κ1) is 22.3. The maximum atomic E-state index is 13.1. The number of hydrogen-bond acceptors (Lipinski definition) is 5. The Morgan fingerprint density at radius 1 is 0.939 bits per heavy atom. The summed E-state index contributed by atoms with van der Waals surface area (Å²) < 4.78 is 11.0. The summed E-state index contributed by atoms with van der Waals surface area (Å²) in [5, 5.41) is 6.18. The Kier molecular flexibility index (Phi) is 6.83. The smallest absolute Gasteiger partial charge is 0.281 e. The summed E-state index contributed by atoms with van der Waals surface area (Å²) in [4.78, 5) is 24.9. The molecule has 4 rings (SSSR count). The molecule has 0 spiro atoms. The zero-order valence-electron chi connectivity index (χ0n) is 18.7. The molecule has 0 unspecified atom stereocenters. The minimum atomic E-state index is -0.240. The highest BCUT2D eigenvalue weighted by Gasteiger charge is 2.33. The number of hydrogen-bond donors (Lipinski definition) is 0. The van der Waals surface area contributed by atoms with Crippen LogP contribution in [0.3, 0.4) is 0 Å². The van der Waals surface area contributed by atoms with Crippen molar-refractivity contribution in [3.05, 3.63) is 95.6 Å². The van der Waals surface area contributed by atoms with Gasteiger partial charge in [0.2, 0.25) is 0 Å². The second-order valence-corrected chi connectivity index (χ2v) is 7.73. The molecule has 0 bridgehead atoms. The van der Waals surface area contributed by atoms with Crippen LogP contribution in [-0.2, 0) is 4.79 Å². The third kappa shape index (κ3) is 5.12. The Labute approximate surface area is 193 Å². The number of ether oxygens (including phenoxy) is 2. The molecule has 6 nitrogen and oxygen atoms in total. The van der Waals surface area contributed by atoms with Crippen LogP contribution in [0.4, 0.5) is 0 Å². The quantitative estimate of drug-likeness (QED) is 0.458. The number of hydrazone groups is 1. The van der Waals surface area contributed by atoms with Crippen LogP contribution in [0.25, 0.3) is 0 Å². The Balaban J connectivity index is 1.52. The predicted octanol–water partition coefficient (Wildman–Crippen LogP) is 5.04. The minimum Gasteiger partial charge on any atom is -0.497 e. The van der Waals surface area contributed by atoms with E-state index >= 15 is 0 Å². The molecule has 3 aromatic carbocycles. The highest BCUT2D eigenvalue weighted by atomic mass is 16.5. The van der Waals surface area contributed by atoms with Crippen molar-refractivity contribution in [1.82, 2.24) is 5.01 Å². The lowest BCUT2D eigenvalue weighted by atomic mass is 9.98. The summed E-state index contributed by atoms with van der Waals surface area (Å²) in [6.07, 6.45) is 1.05. The van der Waals surface area contributed by atoms with Crippen LogP contribution in [-0.4, -0.2) is 36.1 Å². The fraction of sp³-hybridized carbons (Fsp3) is 0.222. The summed E-state index contributed by atoms with van der Waals surface area (Å²) in [5.74, 6) is 1.12. The van der Waals surface area contributed by atoms with E-state index in [1.807, 2.05) is 61.5 Å². The standard InChI is InChI=1S/C27H26N2O4/c1-3-26(30)21-11-15-23(16-12-21)33-18-27(31)29-25(20-9-13-22(32-2)14-10-20)17-24(28-29)19-7-5-4-6-8-19/h4-16,25H,3,17-18H2,1-2H3/t25-/m0/s1. The van der Waals surface area contributed by atoms with Gasteiger partial charge in [-0.15, -0.1) is 0 Å². The summed E-state index contributed by atoms with van der Waals surface area (Å²) in [6.45, 7) is 1.67. The summed E-state index contributed by atoms with van der Waals surface area (Å²) in [7, 11) is 1.62. The molecule has 0 N–H and O–H groups in total. The van der Waals surface area contributed by atoms with Gasteiger partial charge in [0.05, 0.1) is 18.9 Å². The number of ketones is 1. The molecule has 1 amide bonds. The van der Waals surface area contributed by atoms with Gasteiger partial charge in [0.25, 0.3) is 5.91 Å². The Morgan fingerprint density at radius 2 is 1.61 bits per heavy atom. The molecule has 1 heterocycles. The number of carbonyl (C=O) groups is 2. The summed E-state index contributed by atoms with van der Waals surface area (Å²) in [6, 6.07) is 24.2. The SMILES string of the molecule is CCC(=O)c1ccc(OCC(=O)N2N=C(c3ccccc3)C[C@H]2c2ccc(OC)cc2)cc1. The van der Waals surface area contributed by atoms with Gasteiger partial charge in [-0.1, -0.05) is 49.4 Å². The van der Waals surface area contributed by atoms with Gasteiger partial charge in [-0.05, 0) is 47.5 Å². The summed E-state index contributed by atoms with van der Waals surface area (Å²) >= 11 is 0. The van der Waals surface area contributed by atoms with E-state index in [4.69, 9.17) is 9.47 Å². The Bertz CT molecular complexity index is 1140. The van der Waals surface area contributed by atoms with Crippen LogP contribution in [0.1, 0.15) is 47.3 Å². The van der Waals surface area contributed by atoms with Crippen molar-refractivity contribution in [2.75, 3.05) is 13.7 Å². The highest BCUT2D eigenvalue weighted by molar-refractivity contribution is 6.03. The van der Waals surface area contributed by atoms with Gasteiger partial charge in [-0.2, -0.15) is 5.10 Å². The van der Waals surface area contributed by atoms with E-state index in [-0.39, 0.29) is 24.3 Å². The molecule has 3 aromatic rings. The lowest BCUT2D eigenvalue weighted by Gasteiger charge is -2.22. The van der Waals surface area contributed by atoms with Crippen LogP contribution < -0.4 is 9.47 Å². The van der Waals surface area contributed by atoms with Crippen molar-refractivity contribution in [1.29, 1.82) is 0 Å². The van der Waals surface area contributed by atoms with E-state index in [0.29, 0.717) is 24.2 Å². The molecule has 6 heteroatoms. The molecule has 0 saturated carbocycles. The van der Waals surface area contributed by atoms with Crippen LogP contribution >= 0.6 is 0 Å². The monoisotopic (exact) mass is 442 g/mol. The zero-order chi connectivity index (χ0) is 23.2. The van der Waals surface area contributed by atoms with Gasteiger partial charge in [0.15, 0.2) is 12.4 Å². The second-order valence-electron chi connectivity index (χ2n) is 7.73. The van der Waals surface area contributed by atoms with Crippen molar-refractivity contribution in [3.8, 4) is 11.5 Å². The maximum Gasteiger partial charge on any atom is 0.281 e. The van der Waals surface area contributed by atoms with Crippen molar-refractivity contribution in [2.24, 2.45) is 5.10 Å². The molecular weight excluding hydrogens is 416 g/mol.